The molecule has 1 aromatic heterocycles. The number of imide groups is 1. The Morgan fingerprint density at radius 2 is 1.95 bits per heavy atom. The lowest BCUT2D eigenvalue weighted by Gasteiger charge is -2.38. The number of carbonyl (C=O) groups is 3. The molecule has 1 spiro atoms. The predicted molar refractivity (Wildman–Crippen MR) is 137 cm³/mol. The molecule has 37 heavy (non-hydrogen) atoms. The highest BCUT2D eigenvalue weighted by Crippen LogP contribution is 2.48. The molecule has 2 fully saturated rings. The second-order valence-electron chi connectivity index (χ2n) is 11.1. The molecule has 2 N–H and O–H groups in total. The summed E-state index contributed by atoms with van der Waals surface area (Å²) in [6.07, 6.45) is 2.64. The van der Waals surface area contributed by atoms with Crippen LogP contribution < -0.4 is 10.1 Å². The van der Waals surface area contributed by atoms with Gasteiger partial charge in [-0.15, -0.1) is 0 Å². The van der Waals surface area contributed by atoms with Crippen LogP contribution in [-0.2, 0) is 28.1 Å². The molecule has 4 aliphatic rings. The molecule has 0 bridgehead atoms. The van der Waals surface area contributed by atoms with Gasteiger partial charge in [0, 0.05) is 52.6 Å². The fraction of sp³-hybridized carbons (Fsp3) is 0.414. The number of hydrogen-bond acceptors (Lipinski definition) is 5. The summed E-state index contributed by atoms with van der Waals surface area (Å²) in [4.78, 5) is 44.8. The lowest BCUT2D eigenvalue weighted by atomic mass is 9.73. The van der Waals surface area contributed by atoms with E-state index in [0.717, 1.165) is 43.8 Å². The Kier molecular flexibility index (Phi) is 4.98. The quantitative estimate of drug-likeness (QED) is 0.541. The van der Waals surface area contributed by atoms with Crippen LogP contribution in [0, 0.1) is 6.92 Å². The first-order valence-electron chi connectivity index (χ1n) is 13.1. The van der Waals surface area contributed by atoms with Crippen LogP contribution in [0.2, 0.25) is 0 Å². The molecule has 190 valence electrons. The Labute approximate surface area is 214 Å². The molecule has 8 heteroatoms. The van der Waals surface area contributed by atoms with E-state index in [4.69, 9.17) is 4.74 Å². The van der Waals surface area contributed by atoms with E-state index >= 15 is 0 Å². The van der Waals surface area contributed by atoms with E-state index in [-0.39, 0.29) is 29.6 Å². The van der Waals surface area contributed by atoms with Crippen molar-refractivity contribution >= 4 is 28.6 Å². The van der Waals surface area contributed by atoms with Crippen LogP contribution in [0.4, 0.5) is 0 Å². The lowest BCUT2D eigenvalue weighted by Crippen LogP contribution is -2.52. The maximum atomic E-state index is 13.2. The van der Waals surface area contributed by atoms with E-state index < -0.39 is 6.04 Å². The Balaban J connectivity index is 1.09. The molecule has 3 amide bonds. The second kappa shape index (κ2) is 8.18. The molecule has 1 atom stereocenters. The molecule has 0 radical (unpaired) electrons. The van der Waals surface area contributed by atoms with Crippen molar-refractivity contribution in [2.45, 2.75) is 57.2 Å². The number of hydrogen-bond donors (Lipinski definition) is 2. The third kappa shape index (κ3) is 3.57. The number of aromatic nitrogens is 1. The van der Waals surface area contributed by atoms with Crippen LogP contribution in [0.15, 0.2) is 36.4 Å². The molecular weight excluding hydrogens is 468 g/mol. The number of nitrogens with zero attached hydrogens (tertiary/aromatic N) is 2. The fourth-order valence-corrected chi connectivity index (χ4v) is 6.71. The molecule has 2 aromatic carbocycles. The zero-order valence-corrected chi connectivity index (χ0v) is 20.9. The number of aromatic amines is 1. The van der Waals surface area contributed by atoms with Gasteiger partial charge in [0.2, 0.25) is 11.8 Å². The Morgan fingerprint density at radius 3 is 2.76 bits per heavy atom. The van der Waals surface area contributed by atoms with Gasteiger partial charge in [-0.3, -0.25) is 24.6 Å². The molecule has 1 unspecified atom stereocenters. The van der Waals surface area contributed by atoms with Gasteiger partial charge in [-0.2, -0.15) is 0 Å². The summed E-state index contributed by atoms with van der Waals surface area (Å²) in [5, 5.41) is 3.68. The van der Waals surface area contributed by atoms with Crippen LogP contribution in [0.3, 0.4) is 0 Å². The number of rotatable bonds is 3. The number of nitrogens with one attached hydrogen (secondary N) is 2. The number of carbonyl (C=O) groups excluding carboxylic acids is 3. The first-order chi connectivity index (χ1) is 17.9. The standard InChI is InChI=1S/C29H30N4O4/c1-17-11-20-18(3-2-4-23(20)30-17)14-32-9-7-29(8-10-32)16-37-25-13-21-19(12-22(25)29)15-33(28(21)36)24-5-6-26(34)31-27(24)35/h2-4,11-13,24,30H,5-10,14-16H2,1H3,(H,31,34,35). The minimum Gasteiger partial charge on any atom is -0.492 e. The van der Waals surface area contributed by atoms with Gasteiger partial charge in [-0.25, -0.2) is 0 Å². The smallest absolute Gasteiger partial charge is 0.255 e. The number of likely N-dealkylation sites (tertiary alicyclic amines) is 1. The van der Waals surface area contributed by atoms with Crippen molar-refractivity contribution in [2.75, 3.05) is 19.7 Å². The first-order valence-corrected chi connectivity index (χ1v) is 13.1. The van der Waals surface area contributed by atoms with Gasteiger partial charge in [-0.1, -0.05) is 12.1 Å². The minimum absolute atomic E-state index is 0.0390. The molecule has 0 saturated carbocycles. The van der Waals surface area contributed by atoms with Crippen LogP contribution >= 0.6 is 0 Å². The van der Waals surface area contributed by atoms with Gasteiger partial charge in [0.1, 0.15) is 11.8 Å². The summed E-state index contributed by atoms with van der Waals surface area (Å²) in [6.45, 7) is 6.05. The van der Waals surface area contributed by atoms with E-state index in [9.17, 15) is 14.4 Å². The lowest BCUT2D eigenvalue weighted by molar-refractivity contribution is -0.136. The predicted octanol–water partition coefficient (Wildman–Crippen LogP) is 3.16. The average Bonchev–Trinajstić information content (AvgIpc) is 3.53. The van der Waals surface area contributed by atoms with Crippen molar-refractivity contribution in [3.8, 4) is 5.75 Å². The summed E-state index contributed by atoms with van der Waals surface area (Å²) in [6, 6.07) is 12.2. The Bertz CT molecular complexity index is 1470. The molecule has 5 heterocycles. The molecule has 3 aromatic rings. The molecule has 4 aliphatic heterocycles. The van der Waals surface area contributed by atoms with Crippen molar-refractivity contribution < 1.29 is 19.1 Å². The van der Waals surface area contributed by atoms with Gasteiger partial charge in [0.15, 0.2) is 0 Å². The second-order valence-corrected chi connectivity index (χ2v) is 11.1. The van der Waals surface area contributed by atoms with Crippen molar-refractivity contribution in [2.24, 2.45) is 0 Å². The number of benzene rings is 2. The minimum atomic E-state index is -0.598. The highest BCUT2D eigenvalue weighted by Gasteiger charge is 2.46. The van der Waals surface area contributed by atoms with Crippen molar-refractivity contribution in [1.29, 1.82) is 0 Å². The maximum Gasteiger partial charge on any atom is 0.255 e. The van der Waals surface area contributed by atoms with Crippen molar-refractivity contribution in [3.63, 3.8) is 0 Å². The molecule has 8 nitrogen and oxygen atoms in total. The Morgan fingerprint density at radius 1 is 1.11 bits per heavy atom. The SMILES string of the molecule is Cc1cc2c(CN3CCC4(CC3)COc3cc5c(cc34)CN(C3CCC(=O)NC3=O)C5=O)cccc2[nH]1. The summed E-state index contributed by atoms with van der Waals surface area (Å²) < 4.78 is 6.18. The summed E-state index contributed by atoms with van der Waals surface area (Å²) in [5.41, 5.74) is 6.46. The van der Waals surface area contributed by atoms with Gasteiger partial charge in [0.05, 0.1) is 6.61 Å². The topological polar surface area (TPSA) is 94.7 Å². The Hall–Kier alpha value is -3.65. The molecule has 2 saturated heterocycles. The number of ether oxygens (including phenoxy) is 1. The average molecular weight is 499 g/mol. The van der Waals surface area contributed by atoms with E-state index in [0.29, 0.717) is 25.1 Å². The van der Waals surface area contributed by atoms with Crippen LogP contribution in [0.5, 0.6) is 5.75 Å². The van der Waals surface area contributed by atoms with Gasteiger partial charge in [-0.05, 0) is 74.7 Å². The van der Waals surface area contributed by atoms with Crippen molar-refractivity contribution in [3.05, 3.63) is 64.3 Å². The monoisotopic (exact) mass is 498 g/mol. The highest BCUT2D eigenvalue weighted by atomic mass is 16.5. The van der Waals surface area contributed by atoms with E-state index in [2.05, 4.69) is 52.5 Å². The van der Waals surface area contributed by atoms with Gasteiger partial charge >= 0.3 is 0 Å². The third-order valence-electron chi connectivity index (χ3n) is 8.80. The van der Waals surface area contributed by atoms with Crippen LogP contribution in [0.25, 0.3) is 10.9 Å². The number of aryl methyl sites for hydroxylation is 1. The maximum absolute atomic E-state index is 13.2. The summed E-state index contributed by atoms with van der Waals surface area (Å²) >= 11 is 0. The van der Waals surface area contributed by atoms with Crippen LogP contribution in [-0.4, -0.2) is 58.2 Å². The van der Waals surface area contributed by atoms with Crippen LogP contribution in [0.1, 0.15) is 58.4 Å². The normalized spacial score (nSPS) is 22.9. The molecule has 7 rings (SSSR count). The largest absolute Gasteiger partial charge is 0.492 e. The van der Waals surface area contributed by atoms with E-state index in [1.165, 1.54) is 27.7 Å². The third-order valence-corrected chi connectivity index (χ3v) is 8.80. The highest BCUT2D eigenvalue weighted by molar-refractivity contribution is 6.05. The van der Waals surface area contributed by atoms with Crippen molar-refractivity contribution in [1.82, 2.24) is 20.1 Å². The number of amides is 3. The zero-order valence-electron chi connectivity index (χ0n) is 20.9. The number of fused-ring (bicyclic) bond motifs is 4. The van der Waals surface area contributed by atoms with E-state index in [1.54, 1.807) is 4.90 Å². The molecule has 0 aliphatic carbocycles. The first kappa shape index (κ1) is 22.5. The summed E-state index contributed by atoms with van der Waals surface area (Å²) in [5.74, 6) is 0.000531. The summed E-state index contributed by atoms with van der Waals surface area (Å²) in [7, 11) is 0. The zero-order chi connectivity index (χ0) is 25.3. The molecular formula is C29H30N4O4. The van der Waals surface area contributed by atoms with E-state index in [1.807, 2.05) is 6.07 Å². The van der Waals surface area contributed by atoms with Gasteiger partial charge < -0.3 is 14.6 Å². The number of piperidine rings is 2. The van der Waals surface area contributed by atoms with Gasteiger partial charge in [0.25, 0.3) is 5.91 Å². The number of H-pyrrole nitrogens is 1. The fourth-order valence-electron chi connectivity index (χ4n) is 6.71.